The van der Waals surface area contributed by atoms with Crippen LogP contribution in [0.15, 0.2) is 30.3 Å². The third-order valence-electron chi connectivity index (χ3n) is 4.38. The van der Waals surface area contributed by atoms with Gasteiger partial charge in [-0.3, -0.25) is 14.4 Å². The molecule has 9 nitrogen and oxygen atoms in total. The maximum Gasteiger partial charge on any atom is 0.408 e. The molecule has 0 aromatic heterocycles. The Bertz CT molecular complexity index is 802. The zero-order chi connectivity index (χ0) is 25.2. The fraction of sp³-hybridized carbons (Fsp3) is 0.583. The molecule has 0 aliphatic heterocycles. The van der Waals surface area contributed by atoms with Gasteiger partial charge in [0.2, 0.25) is 11.8 Å². The van der Waals surface area contributed by atoms with E-state index >= 15 is 0 Å². The van der Waals surface area contributed by atoms with Crippen molar-refractivity contribution < 1.29 is 28.7 Å². The van der Waals surface area contributed by atoms with E-state index in [9.17, 15) is 19.2 Å². The second-order valence-corrected chi connectivity index (χ2v) is 9.47. The lowest BCUT2D eigenvalue weighted by molar-refractivity contribution is -0.147. The Hall–Kier alpha value is -3.10. The van der Waals surface area contributed by atoms with E-state index in [4.69, 9.17) is 9.47 Å². The molecular weight excluding hydrogens is 426 g/mol. The summed E-state index contributed by atoms with van der Waals surface area (Å²) in [5.74, 6) is -1.49. The average Bonchev–Trinajstić information content (AvgIpc) is 2.69. The van der Waals surface area contributed by atoms with Gasteiger partial charge in [0.05, 0.1) is 6.42 Å². The van der Waals surface area contributed by atoms with Crippen molar-refractivity contribution in [2.75, 3.05) is 14.1 Å². The summed E-state index contributed by atoms with van der Waals surface area (Å²) in [4.78, 5) is 51.7. The molecule has 184 valence electrons. The highest BCUT2D eigenvalue weighted by atomic mass is 16.6. The summed E-state index contributed by atoms with van der Waals surface area (Å²) in [5.41, 5.74) is 0.000485. The Labute approximate surface area is 196 Å². The van der Waals surface area contributed by atoms with Gasteiger partial charge >= 0.3 is 12.1 Å². The van der Waals surface area contributed by atoms with E-state index in [1.165, 1.54) is 4.90 Å². The lowest BCUT2D eigenvalue weighted by Crippen LogP contribution is -2.55. The highest BCUT2D eigenvalue weighted by molar-refractivity contribution is 5.93. The van der Waals surface area contributed by atoms with Gasteiger partial charge in [-0.2, -0.15) is 0 Å². The fourth-order valence-corrected chi connectivity index (χ4v) is 2.90. The number of hydrogen-bond donors (Lipinski definition) is 2. The van der Waals surface area contributed by atoms with Crippen LogP contribution in [-0.4, -0.2) is 60.6 Å². The summed E-state index contributed by atoms with van der Waals surface area (Å²) >= 11 is 0. The maximum absolute atomic E-state index is 13.0. The molecule has 2 N–H and O–H groups in total. The summed E-state index contributed by atoms with van der Waals surface area (Å²) in [7, 11) is 3.19. The molecule has 0 saturated heterocycles. The van der Waals surface area contributed by atoms with Gasteiger partial charge in [0.1, 0.15) is 24.3 Å². The fourth-order valence-electron chi connectivity index (χ4n) is 2.90. The predicted molar refractivity (Wildman–Crippen MR) is 124 cm³/mol. The number of alkyl carbamates (subject to hydrolysis) is 1. The molecular formula is C24H37N3O6. The molecule has 0 aliphatic rings. The minimum atomic E-state index is -1.27. The molecule has 0 saturated carbocycles. The summed E-state index contributed by atoms with van der Waals surface area (Å²) in [6.45, 7) is 8.95. The first-order valence-corrected chi connectivity index (χ1v) is 11.0. The largest absolute Gasteiger partial charge is 0.461 e. The lowest BCUT2D eigenvalue weighted by atomic mass is 10.0. The smallest absolute Gasteiger partial charge is 0.408 e. The Kier molecular flexibility index (Phi) is 10.8. The summed E-state index contributed by atoms with van der Waals surface area (Å²) in [6.07, 6.45) is -0.860. The van der Waals surface area contributed by atoms with Gasteiger partial charge < -0.3 is 25.0 Å². The summed E-state index contributed by atoms with van der Waals surface area (Å²) in [5, 5.41) is 5.10. The molecule has 1 aromatic carbocycles. The third-order valence-corrected chi connectivity index (χ3v) is 4.38. The van der Waals surface area contributed by atoms with Crippen molar-refractivity contribution in [3.63, 3.8) is 0 Å². The topological polar surface area (TPSA) is 114 Å². The van der Waals surface area contributed by atoms with E-state index in [2.05, 4.69) is 10.6 Å². The average molecular weight is 464 g/mol. The molecule has 9 heteroatoms. The Morgan fingerprint density at radius 1 is 0.970 bits per heavy atom. The van der Waals surface area contributed by atoms with Gasteiger partial charge in [-0.25, -0.2) is 4.79 Å². The summed E-state index contributed by atoms with van der Waals surface area (Å²) < 4.78 is 10.5. The van der Waals surface area contributed by atoms with Crippen LogP contribution < -0.4 is 10.6 Å². The van der Waals surface area contributed by atoms with Gasteiger partial charge in [-0.1, -0.05) is 44.2 Å². The Morgan fingerprint density at radius 3 is 2.09 bits per heavy atom. The van der Waals surface area contributed by atoms with Gasteiger partial charge in [-0.05, 0) is 38.7 Å². The number of amides is 3. The molecule has 1 rings (SSSR count). The first-order chi connectivity index (χ1) is 15.3. The maximum atomic E-state index is 13.0. The first kappa shape index (κ1) is 27.9. The Morgan fingerprint density at radius 2 is 1.58 bits per heavy atom. The molecule has 3 amide bonds. The van der Waals surface area contributed by atoms with Crippen LogP contribution in [0.1, 0.15) is 53.0 Å². The minimum Gasteiger partial charge on any atom is -0.461 e. The zero-order valence-corrected chi connectivity index (χ0v) is 20.6. The van der Waals surface area contributed by atoms with Crippen molar-refractivity contribution in [2.24, 2.45) is 5.92 Å². The number of likely N-dealkylation sites (N-methyl/N-ethyl adjacent to an activating group) is 1. The van der Waals surface area contributed by atoms with Gasteiger partial charge in [-0.15, -0.1) is 0 Å². The standard InChI is InChI=1S/C24H37N3O6/c1-16(2)13-19(22(30)27(6)7)25-21(29)18(26-23(31)33-24(3,4)5)14-20(28)32-15-17-11-9-8-10-12-17/h8-12,16,18-19H,13-15H2,1-7H3,(H,25,29)(H,26,31). The van der Waals surface area contributed by atoms with E-state index in [-0.39, 0.29) is 18.4 Å². The van der Waals surface area contributed by atoms with Gasteiger partial charge in [0.15, 0.2) is 0 Å². The third kappa shape index (κ3) is 11.4. The molecule has 1 aromatic rings. The van der Waals surface area contributed by atoms with Crippen LogP contribution in [0.3, 0.4) is 0 Å². The van der Waals surface area contributed by atoms with E-state index in [0.29, 0.717) is 6.42 Å². The van der Waals surface area contributed by atoms with Crippen LogP contribution in [0.5, 0.6) is 0 Å². The van der Waals surface area contributed by atoms with Crippen molar-refractivity contribution >= 4 is 23.9 Å². The molecule has 0 spiro atoms. The van der Waals surface area contributed by atoms with Crippen LogP contribution in [-0.2, 0) is 30.5 Å². The predicted octanol–water partition coefficient (Wildman–Crippen LogP) is 2.63. The van der Waals surface area contributed by atoms with Crippen LogP contribution >= 0.6 is 0 Å². The van der Waals surface area contributed by atoms with E-state index < -0.39 is 42.1 Å². The number of nitrogens with zero attached hydrogens (tertiary/aromatic N) is 1. The van der Waals surface area contributed by atoms with Crippen molar-refractivity contribution in [3.8, 4) is 0 Å². The SMILES string of the molecule is CC(C)CC(NC(=O)C(CC(=O)OCc1ccccc1)NC(=O)OC(C)(C)C)C(=O)N(C)C. The van der Waals surface area contributed by atoms with E-state index in [1.54, 1.807) is 47.0 Å². The molecule has 0 heterocycles. The van der Waals surface area contributed by atoms with Crippen LogP contribution in [0, 0.1) is 5.92 Å². The van der Waals surface area contributed by atoms with E-state index in [1.807, 2.05) is 32.0 Å². The first-order valence-electron chi connectivity index (χ1n) is 11.0. The quantitative estimate of drug-likeness (QED) is 0.516. The number of hydrogen-bond acceptors (Lipinski definition) is 6. The monoisotopic (exact) mass is 463 g/mol. The normalized spacial score (nSPS) is 13.0. The molecule has 0 aliphatic carbocycles. The summed E-state index contributed by atoms with van der Waals surface area (Å²) in [6, 6.07) is 7.03. The van der Waals surface area contributed by atoms with Gasteiger partial charge in [0, 0.05) is 14.1 Å². The molecule has 0 fully saturated rings. The molecule has 2 atom stereocenters. The number of rotatable bonds is 10. The van der Waals surface area contributed by atoms with Crippen molar-refractivity contribution in [1.29, 1.82) is 0 Å². The van der Waals surface area contributed by atoms with Crippen molar-refractivity contribution in [3.05, 3.63) is 35.9 Å². The number of ether oxygens (including phenoxy) is 2. The second-order valence-electron chi connectivity index (χ2n) is 9.47. The van der Waals surface area contributed by atoms with Crippen LogP contribution in [0.25, 0.3) is 0 Å². The highest BCUT2D eigenvalue weighted by Crippen LogP contribution is 2.11. The van der Waals surface area contributed by atoms with Crippen LogP contribution in [0.4, 0.5) is 4.79 Å². The van der Waals surface area contributed by atoms with Crippen molar-refractivity contribution in [2.45, 2.75) is 71.8 Å². The van der Waals surface area contributed by atoms with Crippen LogP contribution in [0.2, 0.25) is 0 Å². The zero-order valence-electron chi connectivity index (χ0n) is 20.6. The van der Waals surface area contributed by atoms with Gasteiger partial charge in [0.25, 0.3) is 0 Å². The molecule has 33 heavy (non-hydrogen) atoms. The Balaban J connectivity index is 2.94. The number of esters is 1. The molecule has 2 unspecified atom stereocenters. The highest BCUT2D eigenvalue weighted by Gasteiger charge is 2.31. The number of carbonyl (C=O) groups is 4. The van der Waals surface area contributed by atoms with E-state index in [0.717, 1.165) is 5.56 Å². The number of benzene rings is 1. The molecule has 0 radical (unpaired) electrons. The second kappa shape index (κ2) is 12.8. The molecule has 0 bridgehead atoms. The number of nitrogens with one attached hydrogen (secondary N) is 2. The lowest BCUT2D eigenvalue weighted by Gasteiger charge is -2.26. The minimum absolute atomic E-state index is 0.0372. The van der Waals surface area contributed by atoms with Crippen molar-refractivity contribution in [1.82, 2.24) is 15.5 Å². The number of carbonyl (C=O) groups excluding carboxylic acids is 4.